The van der Waals surface area contributed by atoms with Crippen molar-refractivity contribution in [3.05, 3.63) is 57.9 Å². The molecule has 1 unspecified atom stereocenters. The van der Waals surface area contributed by atoms with E-state index in [1.54, 1.807) is 28.5 Å². The molecule has 0 bridgehead atoms. The molecule has 8 heteroatoms. The number of hydrogen-bond acceptors (Lipinski definition) is 5. The number of anilines is 1. The Morgan fingerprint density at radius 3 is 2.89 bits per heavy atom. The number of benzene rings is 1. The molecule has 4 rings (SSSR count). The van der Waals surface area contributed by atoms with Gasteiger partial charge in [0.1, 0.15) is 5.82 Å². The predicted octanol–water partition coefficient (Wildman–Crippen LogP) is 4.50. The Labute approximate surface area is 169 Å². The number of aromatic nitrogens is 1. The lowest BCUT2D eigenvalue weighted by molar-refractivity contribution is -0.121. The monoisotopic (exact) mass is 415 g/mol. The molecule has 0 radical (unpaired) electrons. The van der Waals surface area contributed by atoms with Crippen LogP contribution in [-0.4, -0.2) is 34.8 Å². The number of carbonyl (C=O) groups excluding carboxylic acids is 2. The first kappa shape index (κ1) is 18.8. The Bertz CT molecular complexity index is 987. The van der Waals surface area contributed by atoms with Crippen LogP contribution in [0, 0.1) is 11.7 Å². The van der Waals surface area contributed by atoms with Gasteiger partial charge in [0.15, 0.2) is 5.13 Å². The Morgan fingerprint density at radius 2 is 2.11 bits per heavy atom. The van der Waals surface area contributed by atoms with Crippen molar-refractivity contribution < 1.29 is 14.0 Å². The molecule has 28 heavy (non-hydrogen) atoms. The van der Waals surface area contributed by atoms with Gasteiger partial charge >= 0.3 is 0 Å². The maximum Gasteiger partial charge on any atom is 0.263 e. The third-order valence-corrected chi connectivity index (χ3v) is 6.28. The van der Waals surface area contributed by atoms with Crippen LogP contribution in [-0.2, 0) is 4.79 Å². The molecule has 1 aliphatic rings. The van der Waals surface area contributed by atoms with Crippen molar-refractivity contribution in [3.8, 4) is 11.3 Å². The minimum Gasteiger partial charge on any atom is -0.337 e. The summed E-state index contributed by atoms with van der Waals surface area (Å²) < 4.78 is 13.4. The number of thiophene rings is 1. The SMILES string of the molecule is O=C(Nc1nc(-c2cccc(F)c2)cs1)C1CCCN(C(=O)c2cccs2)C1. The second-order valence-electron chi connectivity index (χ2n) is 6.61. The summed E-state index contributed by atoms with van der Waals surface area (Å²) in [6.07, 6.45) is 1.53. The van der Waals surface area contributed by atoms with Crippen molar-refractivity contribution in [2.45, 2.75) is 12.8 Å². The molecule has 1 fully saturated rings. The Morgan fingerprint density at radius 1 is 1.21 bits per heavy atom. The lowest BCUT2D eigenvalue weighted by Crippen LogP contribution is -2.43. The molecule has 144 valence electrons. The number of amides is 2. The smallest absolute Gasteiger partial charge is 0.263 e. The Hall–Kier alpha value is -2.58. The van der Waals surface area contributed by atoms with Gasteiger partial charge in [-0.25, -0.2) is 9.37 Å². The van der Waals surface area contributed by atoms with Crippen molar-refractivity contribution in [2.24, 2.45) is 5.92 Å². The predicted molar refractivity (Wildman–Crippen MR) is 109 cm³/mol. The average molecular weight is 416 g/mol. The summed E-state index contributed by atoms with van der Waals surface area (Å²) in [5.41, 5.74) is 1.29. The van der Waals surface area contributed by atoms with Crippen molar-refractivity contribution >= 4 is 39.6 Å². The zero-order chi connectivity index (χ0) is 19.5. The maximum atomic E-state index is 13.4. The van der Waals surface area contributed by atoms with Crippen LogP contribution in [0.2, 0.25) is 0 Å². The highest BCUT2D eigenvalue weighted by molar-refractivity contribution is 7.14. The van der Waals surface area contributed by atoms with Crippen LogP contribution in [0.3, 0.4) is 0 Å². The van der Waals surface area contributed by atoms with E-state index in [-0.39, 0.29) is 23.5 Å². The van der Waals surface area contributed by atoms with Crippen LogP contribution in [0.4, 0.5) is 9.52 Å². The highest BCUT2D eigenvalue weighted by Crippen LogP contribution is 2.27. The molecule has 1 atom stereocenters. The summed E-state index contributed by atoms with van der Waals surface area (Å²) in [6.45, 7) is 1.08. The number of nitrogens with one attached hydrogen (secondary N) is 1. The summed E-state index contributed by atoms with van der Waals surface area (Å²) in [6, 6.07) is 9.86. The number of hydrogen-bond donors (Lipinski definition) is 1. The first-order valence-corrected chi connectivity index (χ1v) is 10.7. The fraction of sp³-hybridized carbons (Fsp3) is 0.250. The van der Waals surface area contributed by atoms with E-state index in [0.29, 0.717) is 34.4 Å². The molecule has 1 saturated heterocycles. The fourth-order valence-corrected chi connectivity index (χ4v) is 4.66. The quantitative estimate of drug-likeness (QED) is 0.682. The van der Waals surface area contributed by atoms with E-state index < -0.39 is 0 Å². The van der Waals surface area contributed by atoms with Crippen molar-refractivity contribution in [1.82, 2.24) is 9.88 Å². The van der Waals surface area contributed by atoms with Gasteiger partial charge in [-0.3, -0.25) is 9.59 Å². The van der Waals surface area contributed by atoms with Gasteiger partial charge in [0, 0.05) is 24.0 Å². The minimum atomic E-state index is -0.325. The summed E-state index contributed by atoms with van der Waals surface area (Å²) in [7, 11) is 0. The first-order valence-electron chi connectivity index (χ1n) is 8.95. The zero-order valence-electron chi connectivity index (χ0n) is 14.9. The summed E-state index contributed by atoms with van der Waals surface area (Å²) in [5, 5.41) is 6.99. The van der Waals surface area contributed by atoms with Crippen LogP contribution < -0.4 is 5.32 Å². The van der Waals surface area contributed by atoms with Gasteiger partial charge in [0.25, 0.3) is 5.91 Å². The van der Waals surface area contributed by atoms with E-state index in [1.165, 1.54) is 34.8 Å². The summed E-state index contributed by atoms with van der Waals surface area (Å²) in [4.78, 5) is 32.1. The molecule has 1 aliphatic heterocycles. The van der Waals surface area contributed by atoms with Gasteiger partial charge in [0.05, 0.1) is 16.5 Å². The molecular weight excluding hydrogens is 397 g/mol. The number of thiazole rings is 1. The van der Waals surface area contributed by atoms with Gasteiger partial charge < -0.3 is 10.2 Å². The van der Waals surface area contributed by atoms with Gasteiger partial charge in [-0.05, 0) is 36.4 Å². The Balaban J connectivity index is 1.40. The van der Waals surface area contributed by atoms with Gasteiger partial charge in [-0.2, -0.15) is 0 Å². The van der Waals surface area contributed by atoms with Crippen molar-refractivity contribution in [1.29, 1.82) is 0 Å². The van der Waals surface area contributed by atoms with Crippen molar-refractivity contribution in [3.63, 3.8) is 0 Å². The van der Waals surface area contributed by atoms with Crippen LogP contribution in [0.15, 0.2) is 47.2 Å². The summed E-state index contributed by atoms with van der Waals surface area (Å²) in [5.74, 6) is -0.744. The lowest BCUT2D eigenvalue weighted by Gasteiger charge is -2.31. The third kappa shape index (κ3) is 4.13. The van der Waals surface area contributed by atoms with Gasteiger partial charge in [0.2, 0.25) is 5.91 Å². The van der Waals surface area contributed by atoms with E-state index >= 15 is 0 Å². The first-order chi connectivity index (χ1) is 13.6. The highest BCUT2D eigenvalue weighted by Gasteiger charge is 2.29. The van der Waals surface area contributed by atoms with Crippen LogP contribution in [0.5, 0.6) is 0 Å². The Kier molecular flexibility index (Phi) is 5.50. The molecule has 3 heterocycles. The van der Waals surface area contributed by atoms with E-state index in [9.17, 15) is 14.0 Å². The van der Waals surface area contributed by atoms with Gasteiger partial charge in [-0.1, -0.05) is 18.2 Å². The number of halogens is 1. The van der Waals surface area contributed by atoms with Crippen LogP contribution in [0.25, 0.3) is 11.3 Å². The molecule has 0 saturated carbocycles. The topological polar surface area (TPSA) is 62.3 Å². The number of rotatable bonds is 4. The number of nitrogens with zero attached hydrogens (tertiary/aromatic N) is 2. The fourth-order valence-electron chi connectivity index (χ4n) is 3.25. The standard InChI is InChI=1S/C20H18FN3O2S2/c21-15-6-1-4-13(10-15)16-12-28-20(22-16)23-18(25)14-5-2-8-24(11-14)19(26)17-7-3-9-27-17/h1,3-4,6-7,9-10,12,14H,2,5,8,11H2,(H,22,23,25). The van der Waals surface area contributed by atoms with Crippen molar-refractivity contribution in [2.75, 3.05) is 18.4 Å². The minimum absolute atomic E-state index is 0.0184. The zero-order valence-corrected chi connectivity index (χ0v) is 16.6. The molecule has 2 aromatic heterocycles. The van der Waals surface area contributed by atoms with Crippen LogP contribution in [0.1, 0.15) is 22.5 Å². The molecule has 2 amide bonds. The molecule has 0 spiro atoms. The molecule has 0 aliphatic carbocycles. The second kappa shape index (κ2) is 8.20. The molecule has 5 nitrogen and oxygen atoms in total. The van der Waals surface area contributed by atoms with E-state index in [1.807, 2.05) is 11.4 Å². The number of likely N-dealkylation sites (tertiary alicyclic amines) is 1. The largest absolute Gasteiger partial charge is 0.337 e. The van der Waals surface area contributed by atoms with E-state index in [2.05, 4.69) is 10.3 Å². The number of piperidine rings is 1. The molecule has 3 aromatic rings. The second-order valence-corrected chi connectivity index (χ2v) is 8.41. The number of carbonyl (C=O) groups is 2. The normalized spacial score (nSPS) is 16.8. The molecule has 1 N–H and O–H groups in total. The van der Waals surface area contributed by atoms with Gasteiger partial charge in [-0.15, -0.1) is 22.7 Å². The van der Waals surface area contributed by atoms with E-state index in [0.717, 1.165) is 12.8 Å². The molecular formula is C20H18FN3O2S2. The summed E-state index contributed by atoms with van der Waals surface area (Å²) >= 11 is 2.72. The average Bonchev–Trinajstić information content (AvgIpc) is 3.40. The van der Waals surface area contributed by atoms with E-state index in [4.69, 9.17) is 0 Å². The molecule has 1 aromatic carbocycles. The lowest BCUT2D eigenvalue weighted by atomic mass is 9.97. The third-order valence-electron chi connectivity index (χ3n) is 4.67. The van der Waals surface area contributed by atoms with Crippen LogP contribution >= 0.6 is 22.7 Å². The highest BCUT2D eigenvalue weighted by atomic mass is 32.1. The maximum absolute atomic E-state index is 13.4.